The molecule has 2 aromatic rings. The molecule has 1 N–H and O–H groups in total. The molecule has 0 bridgehead atoms. The van der Waals surface area contributed by atoms with E-state index in [1.807, 2.05) is 14.2 Å². The highest BCUT2D eigenvalue weighted by Crippen LogP contribution is 2.38. The zero-order valence-corrected chi connectivity index (χ0v) is 16.9. The molecule has 1 saturated heterocycles. The Morgan fingerprint density at radius 2 is 1.70 bits per heavy atom. The van der Waals surface area contributed by atoms with Crippen LogP contribution >= 0.6 is 0 Å². The van der Waals surface area contributed by atoms with E-state index in [1.165, 1.54) is 50.5 Å². The third kappa shape index (κ3) is 3.59. The van der Waals surface area contributed by atoms with E-state index >= 15 is 0 Å². The van der Waals surface area contributed by atoms with Crippen LogP contribution in [0.1, 0.15) is 63.8 Å². The van der Waals surface area contributed by atoms with E-state index < -0.39 is 0 Å². The molecule has 2 aliphatic rings. The van der Waals surface area contributed by atoms with Crippen LogP contribution in [0.5, 0.6) is 0 Å². The molecule has 0 spiro atoms. The molecule has 0 amide bonds. The van der Waals surface area contributed by atoms with Crippen molar-refractivity contribution in [3.8, 4) is 0 Å². The number of hydrogen-bond acceptors (Lipinski definition) is 4. The molecule has 5 heteroatoms. The second-order valence-electron chi connectivity index (χ2n) is 8.18. The van der Waals surface area contributed by atoms with Gasteiger partial charge >= 0.3 is 0 Å². The summed E-state index contributed by atoms with van der Waals surface area (Å²) in [6.07, 6.45) is 11.4. The molecule has 2 heterocycles. The average molecular weight is 371 g/mol. The van der Waals surface area contributed by atoms with Gasteiger partial charge in [0.05, 0.1) is 11.0 Å². The number of likely N-dealkylation sites (tertiary alicyclic amines) is 1. The fourth-order valence-corrected chi connectivity index (χ4v) is 5.23. The maximum Gasteiger partial charge on any atom is 0.203 e. The molecule has 1 aromatic heterocycles. The molecule has 0 radical (unpaired) electrons. The van der Waals surface area contributed by atoms with Gasteiger partial charge < -0.3 is 14.6 Å². The summed E-state index contributed by atoms with van der Waals surface area (Å²) in [5.41, 5.74) is 2.29. The van der Waals surface area contributed by atoms with Gasteiger partial charge in [-0.2, -0.15) is 0 Å². The quantitative estimate of drug-likeness (QED) is 0.839. The lowest BCUT2D eigenvalue weighted by molar-refractivity contribution is -0.159. The van der Waals surface area contributed by atoms with Gasteiger partial charge in [-0.1, -0.05) is 31.4 Å². The Bertz CT molecular complexity index is 740. The highest BCUT2D eigenvalue weighted by atomic mass is 16.5. The molecular weight excluding hydrogens is 336 g/mol. The Labute approximate surface area is 163 Å². The monoisotopic (exact) mass is 370 g/mol. The predicted octanol–water partition coefficient (Wildman–Crippen LogP) is 4.80. The van der Waals surface area contributed by atoms with Crippen molar-refractivity contribution in [2.24, 2.45) is 0 Å². The number of ether oxygens (including phenoxy) is 1. The highest BCUT2D eigenvalue weighted by Gasteiger charge is 2.39. The fourth-order valence-electron chi connectivity index (χ4n) is 5.23. The number of piperidine rings is 1. The molecule has 1 aromatic carbocycles. The first-order valence-electron chi connectivity index (χ1n) is 10.7. The average Bonchev–Trinajstić information content (AvgIpc) is 3.07. The van der Waals surface area contributed by atoms with Crippen LogP contribution in [-0.4, -0.2) is 47.4 Å². The van der Waals surface area contributed by atoms with Gasteiger partial charge in [-0.15, -0.1) is 0 Å². The van der Waals surface area contributed by atoms with Crippen LogP contribution in [0.2, 0.25) is 0 Å². The number of nitrogens with one attached hydrogen (secondary N) is 1. The molecular formula is C22H34N4O. The minimum absolute atomic E-state index is 0.0335. The Hall–Kier alpha value is -1.59. The van der Waals surface area contributed by atoms with E-state index in [9.17, 15) is 0 Å². The number of rotatable bonds is 4. The number of aromatic nitrogens is 2. The lowest BCUT2D eigenvalue weighted by atomic mass is 9.90. The van der Waals surface area contributed by atoms with Crippen LogP contribution in [0.3, 0.4) is 0 Å². The van der Waals surface area contributed by atoms with Crippen LogP contribution in [0, 0.1) is 0 Å². The SMILES string of the molecule is CNc1nc2ccccc2n1C1CCN(C2(OC)CCCCCCC2)CC1. The summed E-state index contributed by atoms with van der Waals surface area (Å²) < 4.78 is 8.61. The molecule has 1 saturated carbocycles. The maximum absolute atomic E-state index is 6.19. The number of methoxy groups -OCH3 is 1. The largest absolute Gasteiger partial charge is 0.364 e. The maximum atomic E-state index is 6.19. The highest BCUT2D eigenvalue weighted by molar-refractivity contribution is 5.78. The number of anilines is 1. The molecule has 4 rings (SSSR count). The van der Waals surface area contributed by atoms with Crippen molar-refractivity contribution in [1.82, 2.24) is 14.5 Å². The summed E-state index contributed by atoms with van der Waals surface area (Å²) in [6.45, 7) is 2.21. The number of nitrogens with zero attached hydrogens (tertiary/aromatic N) is 3. The summed E-state index contributed by atoms with van der Waals surface area (Å²) in [5, 5.41) is 3.30. The minimum Gasteiger partial charge on any atom is -0.364 e. The van der Waals surface area contributed by atoms with Gasteiger partial charge in [-0.3, -0.25) is 4.90 Å². The zero-order chi connectivity index (χ0) is 18.7. The first-order valence-corrected chi connectivity index (χ1v) is 10.7. The Balaban J connectivity index is 1.52. The van der Waals surface area contributed by atoms with Crippen molar-refractivity contribution in [3.63, 3.8) is 0 Å². The normalized spacial score (nSPS) is 22.4. The Morgan fingerprint density at radius 1 is 1.04 bits per heavy atom. The van der Waals surface area contributed by atoms with E-state index in [-0.39, 0.29) is 5.72 Å². The van der Waals surface area contributed by atoms with Gasteiger partial charge in [-0.05, 0) is 50.7 Å². The van der Waals surface area contributed by atoms with Gasteiger partial charge in [0.25, 0.3) is 0 Å². The van der Waals surface area contributed by atoms with Crippen molar-refractivity contribution in [1.29, 1.82) is 0 Å². The number of imidazole rings is 1. The first kappa shape index (κ1) is 18.8. The van der Waals surface area contributed by atoms with Gasteiger partial charge in [0, 0.05) is 33.3 Å². The van der Waals surface area contributed by atoms with Crippen LogP contribution in [0.4, 0.5) is 5.95 Å². The number of hydrogen-bond donors (Lipinski definition) is 1. The molecule has 27 heavy (non-hydrogen) atoms. The Kier molecular flexibility index (Phi) is 5.69. The number of fused-ring (bicyclic) bond motifs is 1. The lowest BCUT2D eigenvalue weighted by Crippen LogP contribution is -2.53. The number of benzene rings is 1. The van der Waals surface area contributed by atoms with E-state index in [0.29, 0.717) is 6.04 Å². The predicted molar refractivity (Wildman–Crippen MR) is 111 cm³/mol. The first-order chi connectivity index (χ1) is 13.3. The van der Waals surface area contributed by atoms with Crippen LogP contribution in [0.25, 0.3) is 11.0 Å². The van der Waals surface area contributed by atoms with Crippen LogP contribution in [-0.2, 0) is 4.74 Å². The topological polar surface area (TPSA) is 42.3 Å². The smallest absolute Gasteiger partial charge is 0.203 e. The van der Waals surface area contributed by atoms with E-state index in [0.717, 1.165) is 37.4 Å². The van der Waals surface area contributed by atoms with Gasteiger partial charge in [0.1, 0.15) is 5.72 Å². The second-order valence-corrected chi connectivity index (χ2v) is 8.18. The fraction of sp³-hybridized carbons (Fsp3) is 0.682. The second kappa shape index (κ2) is 8.19. The molecule has 1 aliphatic heterocycles. The van der Waals surface area contributed by atoms with E-state index in [4.69, 9.17) is 9.72 Å². The minimum atomic E-state index is -0.0335. The van der Waals surface area contributed by atoms with Crippen molar-refractivity contribution >= 4 is 17.0 Å². The third-order valence-electron chi connectivity index (χ3n) is 6.74. The molecule has 0 unspecified atom stereocenters. The summed E-state index contributed by atoms with van der Waals surface area (Å²) in [5.74, 6) is 0.988. The lowest BCUT2D eigenvalue weighted by Gasteiger charge is -2.47. The third-order valence-corrected chi connectivity index (χ3v) is 6.74. The van der Waals surface area contributed by atoms with Gasteiger partial charge in [0.15, 0.2) is 0 Å². The van der Waals surface area contributed by atoms with Crippen molar-refractivity contribution < 1.29 is 4.74 Å². The Morgan fingerprint density at radius 3 is 2.37 bits per heavy atom. The van der Waals surface area contributed by atoms with Gasteiger partial charge in [0.2, 0.25) is 5.95 Å². The zero-order valence-electron chi connectivity index (χ0n) is 16.9. The molecule has 5 nitrogen and oxygen atoms in total. The van der Waals surface area contributed by atoms with E-state index in [2.05, 4.69) is 39.0 Å². The molecule has 1 aliphatic carbocycles. The van der Waals surface area contributed by atoms with Crippen molar-refractivity contribution in [3.05, 3.63) is 24.3 Å². The number of para-hydroxylation sites is 2. The standard InChI is InChI=1S/C22H34N4O/c1-23-21-24-19-10-6-7-11-20(19)26(21)18-12-16-25(17-13-18)22(27-2)14-8-4-3-5-9-15-22/h6-7,10-11,18H,3-5,8-9,12-17H2,1-2H3,(H,23,24). The summed E-state index contributed by atoms with van der Waals surface area (Å²) in [7, 11) is 3.90. The van der Waals surface area contributed by atoms with Crippen LogP contribution in [0.15, 0.2) is 24.3 Å². The van der Waals surface area contributed by atoms with E-state index in [1.54, 1.807) is 0 Å². The molecule has 0 atom stereocenters. The summed E-state index contributed by atoms with van der Waals surface area (Å²) in [4.78, 5) is 7.43. The molecule has 148 valence electrons. The summed E-state index contributed by atoms with van der Waals surface area (Å²) >= 11 is 0. The van der Waals surface area contributed by atoms with Crippen LogP contribution < -0.4 is 5.32 Å². The van der Waals surface area contributed by atoms with Crippen molar-refractivity contribution in [2.45, 2.75) is 69.6 Å². The van der Waals surface area contributed by atoms with Gasteiger partial charge in [-0.25, -0.2) is 4.98 Å². The molecule has 2 fully saturated rings. The summed E-state index contributed by atoms with van der Waals surface area (Å²) in [6, 6.07) is 8.98. The van der Waals surface area contributed by atoms with Crippen molar-refractivity contribution in [2.75, 3.05) is 32.6 Å².